The lowest BCUT2D eigenvalue weighted by atomic mass is 10.0. The van der Waals surface area contributed by atoms with E-state index < -0.39 is 10.2 Å². The molecule has 2 aromatic rings. The van der Waals surface area contributed by atoms with Crippen LogP contribution in [0.15, 0.2) is 65.2 Å². The van der Waals surface area contributed by atoms with Gasteiger partial charge in [-0.2, -0.15) is 8.42 Å². The molecule has 2 aromatic carbocycles. The van der Waals surface area contributed by atoms with Crippen molar-refractivity contribution in [3.05, 3.63) is 71.9 Å². The topological polar surface area (TPSA) is 62.2 Å². The minimum Gasteiger partial charge on any atom is -0.497 e. The molecule has 7 heteroatoms. The average molecular weight is 400 g/mol. The van der Waals surface area contributed by atoms with Crippen LogP contribution < -0.4 is 4.74 Å². The maximum Gasteiger partial charge on any atom is 0.346 e. The molecule has 3 rings (SSSR count). The molecule has 0 aliphatic carbocycles. The number of ether oxygens (including phenoxy) is 1. The summed E-state index contributed by atoms with van der Waals surface area (Å²) in [6.07, 6.45) is 1.69. The molecule has 0 spiro atoms. The van der Waals surface area contributed by atoms with Gasteiger partial charge in [0.15, 0.2) is 5.84 Å². The van der Waals surface area contributed by atoms with Crippen molar-refractivity contribution in [2.75, 3.05) is 20.2 Å². The van der Waals surface area contributed by atoms with Crippen molar-refractivity contribution >= 4 is 21.6 Å². The molecule has 0 N–H and O–H groups in total. The Labute approximate surface area is 167 Å². The third-order valence-electron chi connectivity index (χ3n) is 4.66. The Bertz CT molecular complexity index is 964. The molecule has 1 aliphatic rings. The van der Waals surface area contributed by atoms with E-state index in [4.69, 9.17) is 4.74 Å². The second kappa shape index (κ2) is 8.48. The molecule has 1 aliphatic heterocycles. The van der Waals surface area contributed by atoms with E-state index in [1.165, 1.54) is 4.31 Å². The number of methoxy groups -OCH3 is 1. The Hall–Kier alpha value is -2.80. The van der Waals surface area contributed by atoms with E-state index in [-0.39, 0.29) is 6.54 Å². The summed E-state index contributed by atoms with van der Waals surface area (Å²) in [5, 5.41) is 0. The predicted molar refractivity (Wildman–Crippen MR) is 112 cm³/mol. The lowest BCUT2D eigenvalue weighted by molar-refractivity contribution is 0.414. The fraction of sp³-hybridized carbons (Fsp3) is 0.286. The minimum absolute atomic E-state index is 0.234. The smallest absolute Gasteiger partial charge is 0.346 e. The predicted octanol–water partition coefficient (Wildman–Crippen LogP) is 3.54. The van der Waals surface area contributed by atoms with Crippen LogP contribution in [0.4, 0.5) is 0 Å². The van der Waals surface area contributed by atoms with Crippen molar-refractivity contribution in [1.82, 2.24) is 9.21 Å². The molecule has 0 saturated carbocycles. The third-order valence-corrected chi connectivity index (χ3v) is 5.89. The van der Waals surface area contributed by atoms with E-state index in [9.17, 15) is 8.42 Å². The maximum absolute atomic E-state index is 12.9. The van der Waals surface area contributed by atoms with E-state index in [0.717, 1.165) is 22.4 Å². The van der Waals surface area contributed by atoms with Crippen molar-refractivity contribution in [3.8, 4) is 5.75 Å². The minimum atomic E-state index is -3.81. The van der Waals surface area contributed by atoms with Gasteiger partial charge in [0, 0.05) is 24.9 Å². The highest BCUT2D eigenvalue weighted by Gasteiger charge is 2.29. The molecular weight excluding hydrogens is 374 g/mol. The van der Waals surface area contributed by atoms with Gasteiger partial charge in [0.25, 0.3) is 0 Å². The zero-order valence-electron chi connectivity index (χ0n) is 16.4. The van der Waals surface area contributed by atoms with Crippen LogP contribution in [0.5, 0.6) is 5.75 Å². The van der Waals surface area contributed by atoms with Gasteiger partial charge in [0.2, 0.25) is 0 Å². The van der Waals surface area contributed by atoms with Crippen molar-refractivity contribution in [2.45, 2.75) is 20.4 Å². The second-order valence-corrected chi connectivity index (χ2v) is 7.91. The molecule has 6 nitrogen and oxygen atoms in total. The van der Waals surface area contributed by atoms with E-state index in [1.807, 2.05) is 73.3 Å². The van der Waals surface area contributed by atoms with Gasteiger partial charge in [0.05, 0.1) is 13.7 Å². The lowest BCUT2D eigenvalue weighted by Crippen LogP contribution is -2.38. The Balaban J connectivity index is 2.06. The maximum atomic E-state index is 12.9. The second-order valence-electron chi connectivity index (χ2n) is 6.37. The number of rotatable bonds is 6. The van der Waals surface area contributed by atoms with Crippen molar-refractivity contribution in [2.24, 2.45) is 4.40 Å². The number of hydrogen-bond acceptors (Lipinski definition) is 4. The van der Waals surface area contributed by atoms with Crippen molar-refractivity contribution in [3.63, 3.8) is 0 Å². The Morgan fingerprint density at radius 1 is 1.00 bits per heavy atom. The number of amidine groups is 1. The van der Waals surface area contributed by atoms with Crippen molar-refractivity contribution in [1.29, 1.82) is 0 Å². The van der Waals surface area contributed by atoms with Gasteiger partial charge >= 0.3 is 10.2 Å². The lowest BCUT2D eigenvalue weighted by Gasteiger charge is -2.31. The van der Waals surface area contributed by atoms with Gasteiger partial charge in [-0.1, -0.05) is 42.5 Å². The van der Waals surface area contributed by atoms with Crippen LogP contribution in [0.2, 0.25) is 0 Å². The van der Waals surface area contributed by atoms with Gasteiger partial charge in [-0.05, 0) is 37.1 Å². The van der Waals surface area contributed by atoms with E-state index in [2.05, 4.69) is 4.40 Å². The molecule has 28 heavy (non-hydrogen) atoms. The summed E-state index contributed by atoms with van der Waals surface area (Å²) in [6.45, 7) is 5.53. The van der Waals surface area contributed by atoms with Crippen LogP contribution >= 0.6 is 0 Å². The summed E-state index contributed by atoms with van der Waals surface area (Å²) >= 11 is 0. The quantitative estimate of drug-likeness (QED) is 0.745. The summed E-state index contributed by atoms with van der Waals surface area (Å²) in [6, 6.07) is 17.1. The summed E-state index contributed by atoms with van der Waals surface area (Å²) in [5.41, 5.74) is 2.56. The Kier molecular flexibility index (Phi) is 6.04. The molecule has 0 aromatic heterocycles. The molecular formula is C21H25N3O3S. The average Bonchev–Trinajstić information content (AvgIpc) is 2.71. The van der Waals surface area contributed by atoms with Crippen LogP contribution in [0.1, 0.15) is 25.0 Å². The van der Waals surface area contributed by atoms with Crippen LogP contribution in [-0.2, 0) is 16.8 Å². The normalized spacial score (nSPS) is 15.6. The van der Waals surface area contributed by atoms with E-state index in [0.29, 0.717) is 18.9 Å². The summed E-state index contributed by atoms with van der Waals surface area (Å²) < 4.78 is 36.4. The molecule has 148 valence electrons. The first kappa shape index (κ1) is 19.9. The van der Waals surface area contributed by atoms with Gasteiger partial charge in [-0.25, -0.2) is 0 Å². The van der Waals surface area contributed by atoms with Crippen LogP contribution in [0, 0.1) is 0 Å². The number of likely N-dealkylation sites (N-methyl/N-ethyl adjacent to an activating group) is 1. The van der Waals surface area contributed by atoms with Crippen molar-refractivity contribution < 1.29 is 13.2 Å². The zero-order chi connectivity index (χ0) is 20.1. The number of nitrogens with zero attached hydrogens (tertiary/aromatic N) is 3. The van der Waals surface area contributed by atoms with E-state index in [1.54, 1.807) is 13.3 Å². The summed E-state index contributed by atoms with van der Waals surface area (Å²) in [4.78, 5) is 1.95. The van der Waals surface area contributed by atoms with Crippen LogP contribution in [0.25, 0.3) is 5.57 Å². The molecule has 0 bridgehead atoms. The van der Waals surface area contributed by atoms with Gasteiger partial charge in [0.1, 0.15) is 5.75 Å². The standard InChI is InChI=1S/C21H25N3O3S/c1-4-23(5-2)21-20(18-11-13-19(27-3)14-12-18)16-24(28(25,26)22-21)15-17-9-7-6-8-10-17/h6-14,16H,4-5,15H2,1-3H3. The zero-order valence-corrected chi connectivity index (χ0v) is 17.2. The van der Waals surface area contributed by atoms with Crippen LogP contribution in [-0.4, -0.2) is 43.7 Å². The Morgan fingerprint density at radius 3 is 2.21 bits per heavy atom. The SMILES string of the molecule is CCN(CC)C1=NS(=O)(=O)N(Cc2ccccc2)C=C1c1ccc(OC)cc1. The highest BCUT2D eigenvalue weighted by molar-refractivity contribution is 7.88. The summed E-state index contributed by atoms with van der Waals surface area (Å²) in [5.74, 6) is 1.22. The molecule has 1 heterocycles. The Morgan fingerprint density at radius 2 is 1.64 bits per heavy atom. The first-order chi connectivity index (χ1) is 13.5. The molecule has 0 fully saturated rings. The largest absolute Gasteiger partial charge is 0.497 e. The number of benzene rings is 2. The fourth-order valence-electron chi connectivity index (χ4n) is 3.10. The molecule has 0 saturated heterocycles. The van der Waals surface area contributed by atoms with E-state index >= 15 is 0 Å². The monoisotopic (exact) mass is 399 g/mol. The first-order valence-electron chi connectivity index (χ1n) is 9.25. The molecule has 0 atom stereocenters. The summed E-state index contributed by atoms with van der Waals surface area (Å²) in [7, 11) is -2.19. The first-order valence-corrected chi connectivity index (χ1v) is 10.7. The highest BCUT2D eigenvalue weighted by Crippen LogP contribution is 2.28. The van der Waals surface area contributed by atoms with Gasteiger partial charge in [-0.15, -0.1) is 4.40 Å². The fourth-order valence-corrected chi connectivity index (χ4v) is 4.18. The molecule has 0 unspecified atom stereocenters. The highest BCUT2D eigenvalue weighted by atomic mass is 32.2. The third kappa shape index (κ3) is 4.20. The van der Waals surface area contributed by atoms with Crippen LogP contribution in [0.3, 0.4) is 0 Å². The molecule has 0 amide bonds. The number of hydrogen-bond donors (Lipinski definition) is 0. The van der Waals surface area contributed by atoms with Gasteiger partial charge in [-0.3, -0.25) is 4.31 Å². The molecule has 0 radical (unpaired) electrons. The van der Waals surface area contributed by atoms with Gasteiger partial charge < -0.3 is 9.64 Å².